The van der Waals surface area contributed by atoms with Gasteiger partial charge >= 0.3 is 5.97 Å². The highest BCUT2D eigenvalue weighted by Gasteiger charge is 2.08. The second-order valence-corrected chi connectivity index (χ2v) is 3.39. The van der Waals surface area contributed by atoms with Crippen LogP contribution in [-0.2, 0) is 11.3 Å². The highest BCUT2D eigenvalue weighted by molar-refractivity contribution is 5.90. The second kappa shape index (κ2) is 5.79. The highest BCUT2D eigenvalue weighted by Crippen LogP contribution is 1.95. The number of nitrogens with two attached hydrogens (primary N) is 1. The summed E-state index contributed by atoms with van der Waals surface area (Å²) in [6, 6.07) is 0. The van der Waals surface area contributed by atoms with Gasteiger partial charge < -0.3 is 10.8 Å². The molecule has 0 radical (unpaired) electrons. The van der Waals surface area contributed by atoms with Crippen molar-refractivity contribution in [3.8, 4) is 0 Å². The molecule has 0 aliphatic carbocycles. The average Bonchev–Trinajstić information content (AvgIpc) is 2.24. The number of hydrogen-bond acceptors (Lipinski definition) is 3. The van der Waals surface area contributed by atoms with E-state index in [1.165, 1.54) is 6.20 Å². The van der Waals surface area contributed by atoms with Gasteiger partial charge in [-0.1, -0.05) is 0 Å². The molecule has 0 unspecified atom stereocenters. The van der Waals surface area contributed by atoms with Crippen molar-refractivity contribution in [2.75, 3.05) is 0 Å². The lowest BCUT2D eigenvalue weighted by molar-refractivity contribution is -0.698. The van der Waals surface area contributed by atoms with Crippen LogP contribution in [0.1, 0.15) is 29.8 Å². The lowest BCUT2D eigenvalue weighted by Crippen LogP contribution is -2.35. The van der Waals surface area contributed by atoms with Crippen LogP contribution in [0.4, 0.5) is 0 Å². The molecule has 0 aromatic carbocycles. The van der Waals surface area contributed by atoms with E-state index in [9.17, 15) is 9.59 Å². The number of primary amides is 1. The van der Waals surface area contributed by atoms with Crippen molar-refractivity contribution >= 4 is 11.9 Å². The minimum atomic E-state index is -0.794. The van der Waals surface area contributed by atoms with Crippen molar-refractivity contribution in [2.24, 2.45) is 5.73 Å². The monoisotopic (exact) mass is 224 g/mol. The number of carbonyl (C=O) groups is 2. The molecule has 0 saturated heterocycles. The third-order valence-electron chi connectivity index (χ3n) is 2.07. The summed E-state index contributed by atoms with van der Waals surface area (Å²) in [5, 5.41) is 8.45. The fraction of sp³-hybridized carbons (Fsp3) is 0.400. The average molecular weight is 224 g/mol. The Hall–Kier alpha value is -1.98. The number of aryl methyl sites for hydroxylation is 1. The Morgan fingerprint density at radius 1 is 1.44 bits per heavy atom. The fourth-order valence-electron chi connectivity index (χ4n) is 1.27. The van der Waals surface area contributed by atoms with Crippen LogP contribution in [0.15, 0.2) is 18.6 Å². The Bertz CT molecular complexity index is 393. The van der Waals surface area contributed by atoms with E-state index in [0.717, 1.165) is 6.42 Å². The van der Waals surface area contributed by atoms with Gasteiger partial charge in [0.1, 0.15) is 6.54 Å². The van der Waals surface area contributed by atoms with E-state index in [2.05, 4.69) is 4.98 Å². The number of carboxylic acid groups (broad SMARTS) is 1. The molecule has 16 heavy (non-hydrogen) atoms. The van der Waals surface area contributed by atoms with Crippen molar-refractivity contribution in [1.82, 2.24) is 4.98 Å². The lowest BCUT2D eigenvalue weighted by atomic mass is 10.2. The Balaban J connectivity index is 2.45. The maximum Gasteiger partial charge on any atom is 0.303 e. The molecule has 1 amide bonds. The van der Waals surface area contributed by atoms with Gasteiger partial charge in [0.2, 0.25) is 0 Å². The van der Waals surface area contributed by atoms with Crippen molar-refractivity contribution in [3.05, 3.63) is 24.3 Å². The van der Waals surface area contributed by atoms with E-state index in [4.69, 9.17) is 10.8 Å². The summed E-state index contributed by atoms with van der Waals surface area (Å²) in [6.45, 7) is 0.649. The van der Waals surface area contributed by atoms with Crippen LogP contribution in [0.2, 0.25) is 0 Å². The first-order chi connectivity index (χ1) is 7.59. The number of rotatable bonds is 6. The number of carbonyl (C=O) groups excluding carboxylic acids is 1. The quantitative estimate of drug-likeness (QED) is 0.513. The predicted octanol–water partition coefficient (Wildman–Crippen LogP) is -0.277. The van der Waals surface area contributed by atoms with Gasteiger partial charge in [-0.2, -0.15) is 0 Å². The van der Waals surface area contributed by atoms with Crippen LogP contribution in [0.3, 0.4) is 0 Å². The fourth-order valence-corrected chi connectivity index (χ4v) is 1.27. The Kier molecular flexibility index (Phi) is 4.38. The summed E-state index contributed by atoms with van der Waals surface area (Å²) in [4.78, 5) is 24.9. The molecule has 0 spiro atoms. The molecule has 0 atom stereocenters. The molecule has 0 fully saturated rings. The summed E-state index contributed by atoms with van der Waals surface area (Å²) < 4.78 is 1.77. The molecular formula is C10H14N3O3+. The third-order valence-corrected chi connectivity index (χ3v) is 2.07. The molecule has 1 aromatic rings. The zero-order chi connectivity index (χ0) is 12.0. The molecule has 0 aliphatic rings. The van der Waals surface area contributed by atoms with Crippen LogP contribution in [0.25, 0.3) is 0 Å². The number of unbranched alkanes of at least 4 members (excludes halogenated alkanes) is 1. The molecule has 86 valence electrons. The van der Waals surface area contributed by atoms with Crippen molar-refractivity contribution < 1.29 is 19.3 Å². The van der Waals surface area contributed by atoms with Crippen molar-refractivity contribution in [1.29, 1.82) is 0 Å². The molecule has 3 N–H and O–H groups in total. The Morgan fingerprint density at radius 3 is 2.81 bits per heavy atom. The minimum absolute atomic E-state index is 0.161. The van der Waals surface area contributed by atoms with Gasteiger partial charge in [0.05, 0.1) is 6.20 Å². The molecule has 6 heteroatoms. The van der Waals surface area contributed by atoms with Gasteiger partial charge in [0.25, 0.3) is 5.91 Å². The van der Waals surface area contributed by atoms with E-state index in [-0.39, 0.29) is 12.1 Å². The van der Waals surface area contributed by atoms with Crippen LogP contribution in [0, 0.1) is 0 Å². The number of aliphatic carboxylic acids is 1. The molecule has 1 rings (SSSR count). The van der Waals surface area contributed by atoms with Crippen LogP contribution in [0.5, 0.6) is 0 Å². The standard InChI is InChI=1S/C10H13N3O3/c11-10(16)8-7-13(6-4-12-8)5-2-1-3-9(14)15/h4,6-7H,1-3,5H2,(H2-,11,14,15,16)/p+1. The third kappa shape index (κ3) is 4.04. The Morgan fingerprint density at radius 2 is 2.19 bits per heavy atom. The summed E-state index contributed by atoms with van der Waals surface area (Å²) in [6.07, 6.45) is 6.28. The van der Waals surface area contributed by atoms with Gasteiger partial charge in [-0.05, 0) is 6.42 Å². The smallest absolute Gasteiger partial charge is 0.303 e. The molecule has 1 aromatic heterocycles. The first-order valence-electron chi connectivity index (χ1n) is 4.96. The highest BCUT2D eigenvalue weighted by atomic mass is 16.4. The maximum atomic E-state index is 10.8. The number of hydrogen-bond donors (Lipinski definition) is 2. The van der Waals surface area contributed by atoms with Gasteiger partial charge in [-0.3, -0.25) is 9.59 Å². The zero-order valence-corrected chi connectivity index (χ0v) is 8.80. The topological polar surface area (TPSA) is 97.2 Å². The van der Waals surface area contributed by atoms with Crippen LogP contribution in [-0.4, -0.2) is 22.0 Å². The summed E-state index contributed by atoms with van der Waals surface area (Å²) >= 11 is 0. The SMILES string of the molecule is NC(=O)c1c[n+](CCCCC(=O)O)ccn1. The van der Waals surface area contributed by atoms with Gasteiger partial charge in [0.15, 0.2) is 18.1 Å². The van der Waals surface area contributed by atoms with Gasteiger partial charge in [0, 0.05) is 12.8 Å². The first-order valence-corrected chi connectivity index (χ1v) is 4.96. The van der Waals surface area contributed by atoms with E-state index in [0.29, 0.717) is 13.0 Å². The number of nitrogens with zero attached hydrogens (tertiary/aromatic N) is 2. The number of carboxylic acids is 1. The normalized spacial score (nSPS) is 10.0. The maximum absolute atomic E-state index is 10.8. The molecular weight excluding hydrogens is 210 g/mol. The first kappa shape index (κ1) is 12.1. The van der Waals surface area contributed by atoms with Gasteiger partial charge in [-0.15, -0.1) is 0 Å². The lowest BCUT2D eigenvalue weighted by Gasteiger charge is -1.97. The largest absolute Gasteiger partial charge is 0.481 e. The molecule has 0 aliphatic heterocycles. The number of amides is 1. The molecule has 0 saturated carbocycles. The summed E-state index contributed by atoms with van der Waals surface area (Å²) in [5.41, 5.74) is 5.29. The summed E-state index contributed by atoms with van der Waals surface area (Å²) in [5.74, 6) is -1.36. The van der Waals surface area contributed by atoms with E-state index < -0.39 is 11.9 Å². The van der Waals surface area contributed by atoms with Gasteiger partial charge in [-0.25, -0.2) is 9.55 Å². The number of aromatic nitrogens is 2. The molecule has 1 heterocycles. The van der Waals surface area contributed by atoms with E-state index in [1.54, 1.807) is 17.0 Å². The summed E-state index contributed by atoms with van der Waals surface area (Å²) in [7, 11) is 0. The molecule has 6 nitrogen and oxygen atoms in total. The molecule has 0 bridgehead atoms. The Labute approximate surface area is 92.7 Å². The van der Waals surface area contributed by atoms with Crippen molar-refractivity contribution in [2.45, 2.75) is 25.8 Å². The van der Waals surface area contributed by atoms with E-state index in [1.807, 2.05) is 0 Å². The van der Waals surface area contributed by atoms with Crippen molar-refractivity contribution in [3.63, 3.8) is 0 Å². The van der Waals surface area contributed by atoms with Crippen LogP contribution >= 0.6 is 0 Å². The van der Waals surface area contributed by atoms with Crippen LogP contribution < -0.4 is 10.3 Å². The second-order valence-electron chi connectivity index (χ2n) is 3.39. The minimum Gasteiger partial charge on any atom is -0.481 e. The predicted molar refractivity (Wildman–Crippen MR) is 54.4 cm³/mol. The zero-order valence-electron chi connectivity index (χ0n) is 8.80. The van der Waals surface area contributed by atoms with E-state index >= 15 is 0 Å².